The Kier molecular flexibility index (Phi) is 39.7. The van der Waals surface area contributed by atoms with Crippen molar-refractivity contribution in [2.24, 2.45) is 0 Å². The maximum atomic E-state index is 13.3. The second kappa shape index (κ2) is 43.8. The van der Waals surface area contributed by atoms with Crippen LogP contribution in [-0.2, 0) is 33.2 Å². The number of hydrogen-bond donors (Lipinski definition) is 12. The summed E-state index contributed by atoms with van der Waals surface area (Å²) in [5.41, 5.74) is 0. The maximum Gasteiger partial charge on any atom is 0.220 e. The largest absolute Gasteiger partial charge is 0.394 e. The molecule has 17 unspecified atom stereocenters. The lowest BCUT2D eigenvalue weighted by atomic mass is 9.96. The first-order valence-electron chi connectivity index (χ1n) is 31.1. The number of ether oxygens (including phenoxy) is 6. The summed E-state index contributed by atoms with van der Waals surface area (Å²) in [4.78, 5) is 13.3. The number of carbonyl (C=O) groups is 1. The van der Waals surface area contributed by atoms with Crippen molar-refractivity contribution < 1.29 is 89.4 Å². The highest BCUT2D eigenvalue weighted by Crippen LogP contribution is 2.33. The topological polar surface area (TPSA) is 307 Å². The lowest BCUT2D eigenvalue weighted by molar-refractivity contribution is -0.379. The monoisotopic (exact) mass is 1130 g/mol. The minimum absolute atomic E-state index is 0.251. The van der Waals surface area contributed by atoms with Crippen LogP contribution in [0.2, 0.25) is 0 Å². The number of nitrogens with one attached hydrogen (secondary N) is 1. The molecule has 19 heteroatoms. The average molecular weight is 1130 g/mol. The number of aliphatic hydroxyl groups excluding tert-OH is 11. The molecule has 0 bridgehead atoms. The van der Waals surface area contributed by atoms with E-state index >= 15 is 0 Å². The first-order chi connectivity index (χ1) is 38.3. The first kappa shape index (κ1) is 71.5. The number of aliphatic hydroxyl groups is 11. The second-order valence-electron chi connectivity index (χ2n) is 22.5. The third-order valence-electron chi connectivity index (χ3n) is 15.8. The summed E-state index contributed by atoms with van der Waals surface area (Å²) in [7, 11) is 0. The van der Waals surface area contributed by atoms with Crippen molar-refractivity contribution in [1.29, 1.82) is 0 Å². The van der Waals surface area contributed by atoms with Gasteiger partial charge in [-0.1, -0.05) is 192 Å². The van der Waals surface area contributed by atoms with Gasteiger partial charge in [0.1, 0.15) is 73.2 Å². The summed E-state index contributed by atoms with van der Waals surface area (Å²) < 4.78 is 34.3. The molecule has 12 N–H and O–H groups in total. The van der Waals surface area contributed by atoms with Gasteiger partial charge in [-0.15, -0.1) is 0 Å². The Balaban J connectivity index is 1.49. The quantitative estimate of drug-likeness (QED) is 0.0248. The Bertz CT molecular complexity index is 1540. The fraction of sp³-hybridized carbons (Fsp3) is 0.917. The van der Waals surface area contributed by atoms with Crippen LogP contribution in [0.25, 0.3) is 0 Å². The number of hydrogen-bond acceptors (Lipinski definition) is 18. The molecule has 19 nitrogen and oxygen atoms in total. The van der Waals surface area contributed by atoms with Crippen LogP contribution in [0.15, 0.2) is 24.3 Å². The van der Waals surface area contributed by atoms with Crippen LogP contribution in [0, 0.1) is 0 Å². The van der Waals surface area contributed by atoms with Gasteiger partial charge in [-0.2, -0.15) is 0 Å². The Hall–Kier alpha value is -1.73. The third kappa shape index (κ3) is 27.7. The van der Waals surface area contributed by atoms with Crippen molar-refractivity contribution in [3.63, 3.8) is 0 Å². The van der Waals surface area contributed by atoms with Crippen molar-refractivity contribution in [2.45, 2.75) is 324 Å². The molecule has 0 aliphatic carbocycles. The molecule has 0 aromatic rings. The molecule has 17 atom stereocenters. The van der Waals surface area contributed by atoms with Gasteiger partial charge >= 0.3 is 0 Å². The lowest BCUT2D eigenvalue weighted by Gasteiger charge is -2.48. The van der Waals surface area contributed by atoms with E-state index in [1.54, 1.807) is 0 Å². The number of amides is 1. The van der Waals surface area contributed by atoms with Crippen LogP contribution in [0.5, 0.6) is 0 Å². The smallest absolute Gasteiger partial charge is 0.220 e. The predicted octanol–water partition coefficient (Wildman–Crippen LogP) is 5.93. The van der Waals surface area contributed by atoms with Gasteiger partial charge in [-0.25, -0.2) is 0 Å². The van der Waals surface area contributed by atoms with Gasteiger partial charge in [0.25, 0.3) is 0 Å². The SMILES string of the molecule is CCCCC/C=C\C/C=C\CCCCCCCC(=O)NC(COC1OC(CO)C(OC2OC(CO)C(OC3OC(CO)C(O)C(O)C3O)C(O)C2O)C(O)C1O)C(O)CCCCCCCCCCCCCCCCCCCCC. The molecule has 3 rings (SSSR count). The maximum absolute atomic E-state index is 13.3. The minimum atomic E-state index is -1.97. The van der Waals surface area contributed by atoms with Crippen LogP contribution in [0.1, 0.15) is 219 Å². The summed E-state index contributed by atoms with van der Waals surface area (Å²) >= 11 is 0. The van der Waals surface area contributed by atoms with Gasteiger partial charge in [-0.05, 0) is 44.9 Å². The van der Waals surface area contributed by atoms with E-state index in [4.69, 9.17) is 28.4 Å². The number of carbonyl (C=O) groups excluding carboxylic acids is 1. The van der Waals surface area contributed by atoms with Crippen LogP contribution >= 0.6 is 0 Å². The normalized spacial score (nSPS) is 30.4. The molecule has 79 heavy (non-hydrogen) atoms. The summed E-state index contributed by atoms with van der Waals surface area (Å²) in [6.45, 7) is 1.76. The summed E-state index contributed by atoms with van der Waals surface area (Å²) in [5, 5.41) is 120. The highest BCUT2D eigenvalue weighted by atomic mass is 16.8. The number of unbranched alkanes of at least 4 members (excludes halogenated alkanes) is 26. The zero-order chi connectivity index (χ0) is 57.6. The van der Waals surface area contributed by atoms with Gasteiger partial charge < -0.3 is 89.9 Å². The first-order valence-corrected chi connectivity index (χ1v) is 31.1. The van der Waals surface area contributed by atoms with Gasteiger partial charge in [0.2, 0.25) is 5.91 Å². The summed E-state index contributed by atoms with van der Waals surface area (Å²) in [6.07, 6.45) is 18.3. The van der Waals surface area contributed by atoms with Gasteiger partial charge in [0.05, 0.1) is 38.6 Å². The Labute approximate surface area is 473 Å². The Morgan fingerprint density at radius 2 is 0.835 bits per heavy atom. The molecule has 3 aliphatic heterocycles. The van der Waals surface area contributed by atoms with E-state index < -0.39 is 124 Å². The van der Waals surface area contributed by atoms with Gasteiger partial charge in [0.15, 0.2) is 18.9 Å². The molecule has 0 aromatic heterocycles. The van der Waals surface area contributed by atoms with Crippen molar-refractivity contribution in [2.75, 3.05) is 26.4 Å². The average Bonchev–Trinajstić information content (AvgIpc) is 3.47. The highest BCUT2D eigenvalue weighted by molar-refractivity contribution is 5.76. The van der Waals surface area contributed by atoms with E-state index in [1.807, 2.05) is 0 Å². The van der Waals surface area contributed by atoms with E-state index in [9.17, 15) is 61.0 Å². The second-order valence-corrected chi connectivity index (χ2v) is 22.5. The minimum Gasteiger partial charge on any atom is -0.394 e. The molecule has 3 aliphatic rings. The van der Waals surface area contributed by atoms with E-state index in [0.717, 1.165) is 70.6 Å². The van der Waals surface area contributed by atoms with E-state index in [1.165, 1.54) is 116 Å². The van der Waals surface area contributed by atoms with Crippen LogP contribution in [-0.4, -0.2) is 193 Å². The molecular formula is C60H111NO18. The molecule has 3 fully saturated rings. The fourth-order valence-electron chi connectivity index (χ4n) is 10.6. The van der Waals surface area contributed by atoms with Crippen LogP contribution < -0.4 is 5.32 Å². The summed E-state index contributed by atoms with van der Waals surface area (Å²) in [5.74, 6) is -0.256. The van der Waals surface area contributed by atoms with Gasteiger partial charge in [0, 0.05) is 6.42 Å². The van der Waals surface area contributed by atoms with Crippen molar-refractivity contribution in [3.05, 3.63) is 24.3 Å². The van der Waals surface area contributed by atoms with Crippen LogP contribution in [0.4, 0.5) is 0 Å². The van der Waals surface area contributed by atoms with E-state index in [0.29, 0.717) is 12.8 Å². The lowest BCUT2D eigenvalue weighted by Crippen LogP contribution is -2.66. The van der Waals surface area contributed by atoms with Crippen LogP contribution in [0.3, 0.4) is 0 Å². The molecule has 464 valence electrons. The Morgan fingerprint density at radius 1 is 0.456 bits per heavy atom. The third-order valence-corrected chi connectivity index (χ3v) is 15.8. The summed E-state index contributed by atoms with van der Waals surface area (Å²) in [6, 6.07) is -0.892. The molecule has 0 saturated carbocycles. The molecular weight excluding hydrogens is 1020 g/mol. The molecule has 3 heterocycles. The van der Waals surface area contributed by atoms with E-state index in [-0.39, 0.29) is 18.9 Å². The standard InChI is InChI=1S/C60H111NO18/c1-3-5-7-9-11-13-15-17-19-20-21-22-24-25-27-29-31-33-35-37-44(65)43(61-48(66)38-36-34-32-30-28-26-23-18-16-14-12-10-8-6-4-2)42-74-58-54(72)51(69)56(46(40-63)76-58)79-60-55(73)52(70)57(47(41-64)77-60)78-59-53(71)50(68)49(67)45(39-62)75-59/h12,14,18,23,43-47,49-60,62-65,67-73H,3-11,13,15-17,19-22,24-42H2,1-2H3,(H,61,66)/b14-12-,23-18-. The zero-order valence-corrected chi connectivity index (χ0v) is 48.4. The number of rotatable bonds is 46. The van der Waals surface area contributed by atoms with Crippen molar-refractivity contribution in [1.82, 2.24) is 5.32 Å². The van der Waals surface area contributed by atoms with Crippen molar-refractivity contribution in [3.8, 4) is 0 Å². The molecule has 0 radical (unpaired) electrons. The Morgan fingerprint density at radius 3 is 1.32 bits per heavy atom. The molecule has 1 amide bonds. The zero-order valence-electron chi connectivity index (χ0n) is 48.4. The highest BCUT2D eigenvalue weighted by Gasteiger charge is 2.53. The molecule has 0 spiro atoms. The predicted molar refractivity (Wildman–Crippen MR) is 300 cm³/mol. The number of allylic oxidation sites excluding steroid dienone is 4. The van der Waals surface area contributed by atoms with Crippen molar-refractivity contribution >= 4 is 5.91 Å². The fourth-order valence-corrected chi connectivity index (χ4v) is 10.6. The van der Waals surface area contributed by atoms with Gasteiger partial charge in [-0.3, -0.25) is 4.79 Å². The molecule has 0 aromatic carbocycles. The molecule has 3 saturated heterocycles. The van der Waals surface area contributed by atoms with E-state index in [2.05, 4.69) is 43.5 Å².